The molecule has 1 amide bonds. The fourth-order valence-electron chi connectivity index (χ4n) is 2.66. The van der Waals surface area contributed by atoms with E-state index in [0.29, 0.717) is 18.1 Å². The van der Waals surface area contributed by atoms with E-state index in [-0.39, 0.29) is 5.91 Å². The summed E-state index contributed by atoms with van der Waals surface area (Å²) in [5.74, 6) is 0.951. The van der Waals surface area contributed by atoms with Crippen molar-refractivity contribution in [1.29, 1.82) is 0 Å². The Morgan fingerprint density at radius 1 is 1.17 bits per heavy atom. The van der Waals surface area contributed by atoms with Crippen LogP contribution in [-0.2, 0) is 10.6 Å². The molecular formula is C20H18N6O2S2. The molecule has 152 valence electrons. The van der Waals surface area contributed by atoms with E-state index in [9.17, 15) is 4.79 Å². The van der Waals surface area contributed by atoms with E-state index in [1.54, 1.807) is 24.7 Å². The zero-order chi connectivity index (χ0) is 20.8. The molecule has 0 atom stereocenters. The third kappa shape index (κ3) is 4.56. The van der Waals surface area contributed by atoms with Gasteiger partial charge in [0.05, 0.1) is 12.4 Å². The first-order chi connectivity index (χ1) is 14.8. The van der Waals surface area contributed by atoms with Crippen LogP contribution in [0.3, 0.4) is 0 Å². The van der Waals surface area contributed by atoms with Gasteiger partial charge in [0, 0.05) is 29.0 Å². The van der Waals surface area contributed by atoms with Gasteiger partial charge in [0.25, 0.3) is 5.91 Å². The monoisotopic (exact) mass is 438 g/mol. The highest BCUT2D eigenvalue weighted by Gasteiger charge is 2.17. The van der Waals surface area contributed by atoms with Crippen molar-refractivity contribution in [2.45, 2.75) is 17.8 Å². The molecule has 3 heterocycles. The Morgan fingerprint density at radius 3 is 2.73 bits per heavy atom. The SMILES string of the molecule is CCONC(=O)c1csc(CSc2nnc(-c3ccncc3)n2-c2ccccc2)n1. The molecule has 10 heteroatoms. The molecule has 0 saturated carbocycles. The second kappa shape index (κ2) is 9.61. The van der Waals surface area contributed by atoms with Gasteiger partial charge in [-0.1, -0.05) is 30.0 Å². The predicted octanol–water partition coefficient (Wildman–Crippen LogP) is 3.76. The Hall–Kier alpha value is -3.08. The molecule has 30 heavy (non-hydrogen) atoms. The smallest absolute Gasteiger partial charge is 0.274 e. The van der Waals surface area contributed by atoms with Crippen molar-refractivity contribution in [1.82, 2.24) is 30.2 Å². The molecule has 0 unspecified atom stereocenters. The first-order valence-corrected chi connectivity index (χ1v) is 11.0. The maximum Gasteiger partial charge on any atom is 0.294 e. The van der Waals surface area contributed by atoms with Crippen molar-refractivity contribution in [3.8, 4) is 17.1 Å². The first-order valence-electron chi connectivity index (χ1n) is 9.17. The van der Waals surface area contributed by atoms with E-state index >= 15 is 0 Å². The maximum atomic E-state index is 12.0. The van der Waals surface area contributed by atoms with Crippen LogP contribution in [-0.4, -0.2) is 37.2 Å². The van der Waals surface area contributed by atoms with Crippen LogP contribution < -0.4 is 5.48 Å². The van der Waals surface area contributed by atoms with Crippen LogP contribution in [0.4, 0.5) is 0 Å². The second-order valence-corrected chi connectivity index (χ2v) is 7.88. The van der Waals surface area contributed by atoms with Crippen molar-refractivity contribution in [3.63, 3.8) is 0 Å². The van der Waals surface area contributed by atoms with Gasteiger partial charge >= 0.3 is 0 Å². The van der Waals surface area contributed by atoms with E-state index < -0.39 is 0 Å². The van der Waals surface area contributed by atoms with Crippen molar-refractivity contribution in [3.05, 3.63) is 70.9 Å². The van der Waals surface area contributed by atoms with Crippen LogP contribution in [0.5, 0.6) is 0 Å². The van der Waals surface area contributed by atoms with Gasteiger partial charge in [-0.25, -0.2) is 10.5 Å². The van der Waals surface area contributed by atoms with E-state index in [1.165, 1.54) is 23.1 Å². The third-order valence-corrected chi connectivity index (χ3v) is 5.98. The number of thioether (sulfide) groups is 1. The Morgan fingerprint density at radius 2 is 1.97 bits per heavy atom. The highest BCUT2D eigenvalue weighted by Crippen LogP contribution is 2.30. The molecule has 0 fully saturated rings. The minimum atomic E-state index is -0.350. The van der Waals surface area contributed by atoms with E-state index in [0.717, 1.165) is 27.2 Å². The number of thiazole rings is 1. The van der Waals surface area contributed by atoms with Crippen LogP contribution in [0.1, 0.15) is 22.4 Å². The van der Waals surface area contributed by atoms with Crippen LogP contribution in [0.25, 0.3) is 17.1 Å². The molecule has 4 aromatic rings. The van der Waals surface area contributed by atoms with Gasteiger partial charge < -0.3 is 0 Å². The van der Waals surface area contributed by atoms with Gasteiger partial charge in [0.2, 0.25) is 0 Å². The molecule has 0 aliphatic heterocycles. The number of nitrogens with one attached hydrogen (secondary N) is 1. The van der Waals surface area contributed by atoms with E-state index in [2.05, 4.69) is 25.6 Å². The van der Waals surface area contributed by atoms with Crippen LogP contribution in [0, 0.1) is 0 Å². The predicted molar refractivity (Wildman–Crippen MR) is 115 cm³/mol. The molecule has 0 bridgehead atoms. The lowest BCUT2D eigenvalue weighted by atomic mass is 10.2. The van der Waals surface area contributed by atoms with Crippen molar-refractivity contribution in [2.75, 3.05) is 6.61 Å². The molecule has 0 radical (unpaired) electrons. The van der Waals surface area contributed by atoms with Gasteiger partial charge in [-0.3, -0.25) is 19.2 Å². The zero-order valence-electron chi connectivity index (χ0n) is 16.1. The fraction of sp³-hybridized carbons (Fsp3) is 0.150. The average Bonchev–Trinajstić information content (AvgIpc) is 3.44. The zero-order valence-corrected chi connectivity index (χ0v) is 17.7. The summed E-state index contributed by atoms with van der Waals surface area (Å²) >= 11 is 2.93. The molecule has 0 aliphatic carbocycles. The minimum Gasteiger partial charge on any atom is -0.274 e. The number of nitrogens with zero attached hydrogens (tertiary/aromatic N) is 5. The number of hydrogen-bond acceptors (Lipinski definition) is 8. The summed E-state index contributed by atoms with van der Waals surface area (Å²) in [6.45, 7) is 2.19. The number of para-hydroxylation sites is 1. The molecule has 1 aromatic carbocycles. The van der Waals surface area contributed by atoms with Crippen molar-refractivity contribution in [2.24, 2.45) is 0 Å². The Kier molecular flexibility index (Phi) is 6.47. The number of pyridine rings is 1. The van der Waals surface area contributed by atoms with E-state index in [4.69, 9.17) is 4.84 Å². The highest BCUT2D eigenvalue weighted by molar-refractivity contribution is 7.98. The van der Waals surface area contributed by atoms with Crippen LogP contribution >= 0.6 is 23.1 Å². The van der Waals surface area contributed by atoms with Gasteiger partial charge in [-0.05, 0) is 31.2 Å². The molecular weight excluding hydrogens is 420 g/mol. The minimum absolute atomic E-state index is 0.339. The number of hydrogen-bond donors (Lipinski definition) is 1. The molecule has 0 spiro atoms. The summed E-state index contributed by atoms with van der Waals surface area (Å²) in [4.78, 5) is 25.4. The highest BCUT2D eigenvalue weighted by atomic mass is 32.2. The number of hydroxylamine groups is 1. The molecule has 4 rings (SSSR count). The Labute approximate surface area is 181 Å². The number of benzene rings is 1. The lowest BCUT2D eigenvalue weighted by Crippen LogP contribution is -2.23. The summed E-state index contributed by atoms with van der Waals surface area (Å²) < 4.78 is 2.01. The number of carbonyl (C=O) groups excluding carboxylic acids is 1. The second-order valence-electron chi connectivity index (χ2n) is 5.99. The normalized spacial score (nSPS) is 10.8. The summed E-state index contributed by atoms with van der Waals surface area (Å²) in [5, 5.41) is 12.1. The van der Waals surface area contributed by atoms with Crippen LogP contribution in [0.15, 0.2) is 65.4 Å². The number of amides is 1. The van der Waals surface area contributed by atoms with E-state index in [1.807, 2.05) is 47.0 Å². The van der Waals surface area contributed by atoms with Gasteiger partial charge in [-0.15, -0.1) is 21.5 Å². The largest absolute Gasteiger partial charge is 0.294 e. The topological polar surface area (TPSA) is 94.8 Å². The lowest BCUT2D eigenvalue weighted by molar-refractivity contribution is 0.0360. The number of carbonyl (C=O) groups is 1. The van der Waals surface area contributed by atoms with Gasteiger partial charge in [0.15, 0.2) is 11.0 Å². The van der Waals surface area contributed by atoms with Gasteiger partial charge in [-0.2, -0.15) is 0 Å². The quantitative estimate of drug-likeness (QED) is 0.331. The maximum absolute atomic E-state index is 12.0. The molecule has 0 aliphatic rings. The lowest BCUT2D eigenvalue weighted by Gasteiger charge is -2.09. The summed E-state index contributed by atoms with van der Waals surface area (Å²) in [6.07, 6.45) is 3.47. The van der Waals surface area contributed by atoms with Gasteiger partial charge in [0.1, 0.15) is 10.7 Å². The molecule has 0 saturated heterocycles. The standard InChI is InChI=1S/C20H18N6O2S2/c1-2-28-25-19(27)16-12-29-17(22-16)13-30-20-24-23-18(14-8-10-21-11-9-14)26(20)15-6-4-3-5-7-15/h3-12H,2,13H2,1H3,(H,25,27). The van der Waals surface area contributed by atoms with Crippen molar-refractivity contribution >= 4 is 29.0 Å². The Balaban J connectivity index is 1.57. The first kappa shape index (κ1) is 20.2. The van der Waals surface area contributed by atoms with Crippen molar-refractivity contribution < 1.29 is 9.63 Å². The number of aromatic nitrogens is 5. The summed E-state index contributed by atoms with van der Waals surface area (Å²) in [6, 6.07) is 13.8. The Bertz CT molecular complexity index is 1110. The third-order valence-electron chi connectivity index (χ3n) is 4.00. The summed E-state index contributed by atoms with van der Waals surface area (Å²) in [5.41, 5.74) is 4.59. The molecule has 1 N–H and O–H groups in total. The molecule has 3 aromatic heterocycles. The van der Waals surface area contributed by atoms with Crippen LogP contribution in [0.2, 0.25) is 0 Å². The molecule has 8 nitrogen and oxygen atoms in total. The fourth-order valence-corrected chi connectivity index (χ4v) is 4.40. The number of rotatable bonds is 8. The summed E-state index contributed by atoms with van der Waals surface area (Å²) in [7, 11) is 0. The average molecular weight is 439 g/mol.